The number of rotatable bonds is 6. The molecule has 5 heteroatoms. The van der Waals surface area contributed by atoms with Crippen LogP contribution in [-0.2, 0) is 11.2 Å². The van der Waals surface area contributed by atoms with Crippen LogP contribution in [-0.4, -0.2) is 24.1 Å². The highest BCUT2D eigenvalue weighted by molar-refractivity contribution is 7.80. The van der Waals surface area contributed by atoms with E-state index in [1.165, 1.54) is 11.1 Å². The van der Waals surface area contributed by atoms with Crippen LogP contribution in [0.1, 0.15) is 36.0 Å². The second-order valence-electron chi connectivity index (χ2n) is 7.12. The summed E-state index contributed by atoms with van der Waals surface area (Å²) in [6, 6.07) is 14.6. The summed E-state index contributed by atoms with van der Waals surface area (Å²) in [5.41, 5.74) is 5.68. The minimum Gasteiger partial charge on any atom is -0.362 e. The van der Waals surface area contributed by atoms with Gasteiger partial charge in [0, 0.05) is 30.9 Å². The fourth-order valence-electron chi connectivity index (χ4n) is 3.48. The van der Waals surface area contributed by atoms with Crippen LogP contribution in [0.5, 0.6) is 0 Å². The monoisotopic (exact) mass is 381 g/mol. The van der Waals surface area contributed by atoms with E-state index in [-0.39, 0.29) is 5.91 Å². The first-order chi connectivity index (χ1) is 13.0. The van der Waals surface area contributed by atoms with Crippen molar-refractivity contribution in [3.05, 3.63) is 59.2 Å². The molecule has 27 heavy (non-hydrogen) atoms. The number of thiocarbonyl (C=S) groups is 1. The molecule has 0 aliphatic carbocycles. The lowest BCUT2D eigenvalue weighted by Gasteiger charge is -2.19. The topological polar surface area (TPSA) is 44.4 Å². The van der Waals surface area contributed by atoms with Gasteiger partial charge < -0.3 is 15.5 Å². The number of nitrogens with zero attached hydrogens (tertiary/aromatic N) is 1. The standard InChI is InChI=1S/C22H27N3OS/c1-16-6-3-7-18(14-16)8-4-12-23-22(27)24-19-10-11-20(17(2)15-19)25-13-5-9-21(25)26/h3,6-7,10-11,14-15H,4-5,8-9,12-13H2,1-2H3,(H2,23,24,27). The normalized spacial score (nSPS) is 13.7. The number of carbonyl (C=O) groups is 1. The summed E-state index contributed by atoms with van der Waals surface area (Å²) in [6.45, 7) is 5.80. The van der Waals surface area contributed by atoms with Crippen molar-refractivity contribution in [2.24, 2.45) is 0 Å². The SMILES string of the molecule is Cc1cccc(CCCNC(=S)Nc2ccc(N3CCCC3=O)c(C)c2)c1. The van der Waals surface area contributed by atoms with Crippen LogP contribution in [0.4, 0.5) is 11.4 Å². The van der Waals surface area contributed by atoms with Gasteiger partial charge in [0.05, 0.1) is 0 Å². The van der Waals surface area contributed by atoms with Crippen molar-refractivity contribution < 1.29 is 4.79 Å². The second kappa shape index (κ2) is 9.00. The number of aryl methyl sites for hydroxylation is 3. The van der Waals surface area contributed by atoms with E-state index in [0.29, 0.717) is 11.5 Å². The highest BCUT2D eigenvalue weighted by atomic mass is 32.1. The zero-order chi connectivity index (χ0) is 19.2. The summed E-state index contributed by atoms with van der Waals surface area (Å²) in [5, 5.41) is 7.13. The molecule has 2 aromatic carbocycles. The Morgan fingerprint density at radius 2 is 2.04 bits per heavy atom. The van der Waals surface area contributed by atoms with E-state index in [9.17, 15) is 4.79 Å². The van der Waals surface area contributed by atoms with Crippen molar-refractivity contribution >= 4 is 34.6 Å². The molecule has 0 atom stereocenters. The van der Waals surface area contributed by atoms with Gasteiger partial charge in [0.1, 0.15) is 0 Å². The highest BCUT2D eigenvalue weighted by Crippen LogP contribution is 2.27. The third kappa shape index (κ3) is 5.30. The van der Waals surface area contributed by atoms with E-state index < -0.39 is 0 Å². The Morgan fingerprint density at radius 1 is 1.19 bits per heavy atom. The molecule has 0 saturated carbocycles. The van der Waals surface area contributed by atoms with Gasteiger partial charge in [-0.05, 0) is 74.7 Å². The molecule has 4 nitrogen and oxygen atoms in total. The van der Waals surface area contributed by atoms with Crippen LogP contribution in [0.25, 0.3) is 0 Å². The predicted molar refractivity (Wildman–Crippen MR) is 116 cm³/mol. The van der Waals surface area contributed by atoms with Crippen molar-refractivity contribution in [2.45, 2.75) is 39.5 Å². The number of benzene rings is 2. The Hall–Kier alpha value is -2.40. The molecule has 142 valence electrons. The van der Waals surface area contributed by atoms with Crippen molar-refractivity contribution in [2.75, 3.05) is 23.3 Å². The molecule has 0 spiro atoms. The van der Waals surface area contributed by atoms with Crippen LogP contribution in [0.3, 0.4) is 0 Å². The lowest BCUT2D eigenvalue weighted by Crippen LogP contribution is -2.29. The zero-order valence-corrected chi connectivity index (χ0v) is 16.9. The van der Waals surface area contributed by atoms with Crippen molar-refractivity contribution in [1.29, 1.82) is 0 Å². The lowest BCUT2D eigenvalue weighted by molar-refractivity contribution is -0.117. The van der Waals surface area contributed by atoms with Crippen LogP contribution in [0.15, 0.2) is 42.5 Å². The molecule has 0 unspecified atom stereocenters. The molecule has 2 N–H and O–H groups in total. The molecule has 1 aliphatic heterocycles. The molecule has 1 aliphatic rings. The minimum atomic E-state index is 0.213. The first-order valence-corrected chi connectivity index (χ1v) is 9.95. The maximum Gasteiger partial charge on any atom is 0.227 e. The Labute approximate surface area is 167 Å². The number of amides is 1. The van der Waals surface area contributed by atoms with Gasteiger partial charge in [-0.3, -0.25) is 4.79 Å². The molecule has 1 saturated heterocycles. The van der Waals surface area contributed by atoms with Crippen molar-refractivity contribution in [3.63, 3.8) is 0 Å². The van der Waals surface area contributed by atoms with Gasteiger partial charge in [0.25, 0.3) is 0 Å². The van der Waals surface area contributed by atoms with Gasteiger partial charge in [-0.25, -0.2) is 0 Å². The average molecular weight is 382 g/mol. The minimum absolute atomic E-state index is 0.213. The first kappa shape index (κ1) is 19.4. The molecule has 1 amide bonds. The quantitative estimate of drug-likeness (QED) is 0.577. The highest BCUT2D eigenvalue weighted by Gasteiger charge is 2.22. The molecular formula is C22H27N3OS. The summed E-state index contributed by atoms with van der Waals surface area (Å²) in [4.78, 5) is 13.8. The summed E-state index contributed by atoms with van der Waals surface area (Å²) in [5.74, 6) is 0.213. The number of anilines is 2. The van der Waals surface area contributed by atoms with E-state index in [0.717, 1.165) is 49.3 Å². The van der Waals surface area contributed by atoms with Gasteiger partial charge in [-0.15, -0.1) is 0 Å². The van der Waals surface area contributed by atoms with Crippen molar-refractivity contribution in [3.8, 4) is 0 Å². The Kier molecular flexibility index (Phi) is 6.45. The van der Waals surface area contributed by atoms with Crippen LogP contribution in [0, 0.1) is 13.8 Å². The molecular weight excluding hydrogens is 354 g/mol. The molecule has 2 aromatic rings. The number of nitrogens with one attached hydrogen (secondary N) is 2. The summed E-state index contributed by atoms with van der Waals surface area (Å²) < 4.78 is 0. The number of carbonyl (C=O) groups excluding carboxylic acids is 1. The van der Waals surface area contributed by atoms with Gasteiger partial charge in [-0.1, -0.05) is 29.8 Å². The Morgan fingerprint density at radius 3 is 2.74 bits per heavy atom. The second-order valence-corrected chi connectivity index (χ2v) is 7.53. The van der Waals surface area contributed by atoms with Gasteiger partial charge in [0.2, 0.25) is 5.91 Å². The molecule has 1 heterocycles. The fraction of sp³-hybridized carbons (Fsp3) is 0.364. The predicted octanol–water partition coefficient (Wildman–Crippen LogP) is 4.35. The fourth-order valence-corrected chi connectivity index (χ4v) is 3.70. The van der Waals surface area contributed by atoms with Gasteiger partial charge in [0.15, 0.2) is 5.11 Å². The third-order valence-corrected chi connectivity index (χ3v) is 5.08. The molecule has 0 radical (unpaired) electrons. The van der Waals surface area contributed by atoms with E-state index in [4.69, 9.17) is 12.2 Å². The first-order valence-electron chi connectivity index (χ1n) is 9.54. The van der Waals surface area contributed by atoms with Gasteiger partial charge >= 0.3 is 0 Å². The molecule has 3 rings (SSSR count). The van der Waals surface area contributed by atoms with Gasteiger partial charge in [-0.2, -0.15) is 0 Å². The smallest absolute Gasteiger partial charge is 0.227 e. The molecule has 0 aromatic heterocycles. The van der Waals surface area contributed by atoms with E-state index in [2.05, 4.69) is 41.8 Å². The average Bonchev–Trinajstić information content (AvgIpc) is 3.05. The summed E-state index contributed by atoms with van der Waals surface area (Å²) in [6.07, 6.45) is 3.65. The van der Waals surface area contributed by atoms with Crippen LogP contribution < -0.4 is 15.5 Å². The zero-order valence-electron chi connectivity index (χ0n) is 16.0. The molecule has 0 bridgehead atoms. The van der Waals surface area contributed by atoms with E-state index in [1.54, 1.807) is 0 Å². The number of hydrogen-bond donors (Lipinski definition) is 2. The van der Waals surface area contributed by atoms with E-state index in [1.807, 2.05) is 30.0 Å². The maximum absolute atomic E-state index is 11.9. The summed E-state index contributed by atoms with van der Waals surface area (Å²) >= 11 is 5.40. The Balaban J connectivity index is 1.46. The summed E-state index contributed by atoms with van der Waals surface area (Å²) in [7, 11) is 0. The maximum atomic E-state index is 11.9. The van der Waals surface area contributed by atoms with Crippen LogP contribution >= 0.6 is 12.2 Å². The number of hydrogen-bond acceptors (Lipinski definition) is 2. The van der Waals surface area contributed by atoms with Crippen LogP contribution in [0.2, 0.25) is 0 Å². The van der Waals surface area contributed by atoms with Crippen molar-refractivity contribution in [1.82, 2.24) is 5.32 Å². The Bertz CT molecular complexity index is 834. The third-order valence-electron chi connectivity index (χ3n) is 4.83. The largest absolute Gasteiger partial charge is 0.362 e. The molecule has 1 fully saturated rings. The van der Waals surface area contributed by atoms with E-state index >= 15 is 0 Å². The lowest BCUT2D eigenvalue weighted by atomic mass is 10.1.